The summed E-state index contributed by atoms with van der Waals surface area (Å²) in [5.41, 5.74) is 5.27. The zero-order valence-corrected chi connectivity index (χ0v) is 11.6. The van der Waals surface area contributed by atoms with E-state index in [0.29, 0.717) is 0 Å². The summed E-state index contributed by atoms with van der Waals surface area (Å²) in [6, 6.07) is 0.0228. The molecule has 9 heteroatoms. The average molecular weight is 287 g/mol. The maximum atomic E-state index is 11.8. The molecule has 1 aromatic heterocycles. The predicted molar refractivity (Wildman–Crippen MR) is 69.5 cm³/mol. The third-order valence-corrected chi connectivity index (χ3v) is 3.47. The molecule has 0 aliphatic rings. The fraction of sp³-hybridized carbons (Fsp3) is 0.500. The highest BCUT2D eigenvalue weighted by Crippen LogP contribution is 2.05. The van der Waals surface area contributed by atoms with Gasteiger partial charge in [-0.25, -0.2) is 23.1 Å². The average Bonchev–Trinajstić information content (AvgIpc) is 2.28. The lowest BCUT2D eigenvalue weighted by Crippen LogP contribution is -2.34. The summed E-state index contributed by atoms with van der Waals surface area (Å²) in [5, 5.41) is 2.66. The highest BCUT2D eigenvalue weighted by atomic mass is 32.2. The largest absolute Gasteiger partial charge is 0.368 e. The SMILES string of the molecule is CC(C)NC(=O)CCNS(=O)(=O)c1cnc(N)nc1. The molecule has 1 rings (SSSR count). The molecule has 1 heterocycles. The molecule has 0 aromatic carbocycles. The number of aromatic nitrogens is 2. The van der Waals surface area contributed by atoms with Crippen LogP contribution in [0.2, 0.25) is 0 Å². The third kappa shape index (κ3) is 5.18. The van der Waals surface area contributed by atoms with E-state index in [1.807, 2.05) is 13.8 Å². The van der Waals surface area contributed by atoms with Gasteiger partial charge in [0.15, 0.2) is 0 Å². The number of carbonyl (C=O) groups is 1. The maximum Gasteiger partial charge on any atom is 0.243 e. The van der Waals surface area contributed by atoms with Gasteiger partial charge in [0.25, 0.3) is 0 Å². The summed E-state index contributed by atoms with van der Waals surface area (Å²) in [6.45, 7) is 3.66. The fourth-order valence-corrected chi connectivity index (χ4v) is 2.16. The minimum Gasteiger partial charge on any atom is -0.368 e. The van der Waals surface area contributed by atoms with Gasteiger partial charge in [0.2, 0.25) is 21.9 Å². The van der Waals surface area contributed by atoms with Crippen LogP contribution in [0.15, 0.2) is 17.3 Å². The van der Waals surface area contributed by atoms with Gasteiger partial charge in [0, 0.05) is 19.0 Å². The van der Waals surface area contributed by atoms with Crippen molar-refractivity contribution in [2.45, 2.75) is 31.2 Å². The van der Waals surface area contributed by atoms with Gasteiger partial charge in [-0.2, -0.15) is 0 Å². The van der Waals surface area contributed by atoms with Crippen LogP contribution in [-0.4, -0.2) is 36.9 Å². The molecule has 106 valence electrons. The van der Waals surface area contributed by atoms with E-state index in [-0.39, 0.29) is 35.8 Å². The van der Waals surface area contributed by atoms with Gasteiger partial charge in [-0.05, 0) is 13.8 Å². The Morgan fingerprint density at radius 1 is 1.37 bits per heavy atom. The first kappa shape index (κ1) is 15.3. The van der Waals surface area contributed by atoms with Crippen molar-refractivity contribution in [3.05, 3.63) is 12.4 Å². The third-order valence-electron chi connectivity index (χ3n) is 2.05. The Labute approximate surface area is 111 Å². The molecule has 1 aromatic rings. The molecule has 0 bridgehead atoms. The van der Waals surface area contributed by atoms with Crippen molar-refractivity contribution in [1.29, 1.82) is 0 Å². The minimum atomic E-state index is -3.71. The summed E-state index contributed by atoms with van der Waals surface area (Å²) in [6.07, 6.45) is 2.28. The molecule has 19 heavy (non-hydrogen) atoms. The van der Waals surface area contributed by atoms with Crippen molar-refractivity contribution in [1.82, 2.24) is 20.0 Å². The van der Waals surface area contributed by atoms with Crippen molar-refractivity contribution in [3.63, 3.8) is 0 Å². The molecule has 0 atom stereocenters. The van der Waals surface area contributed by atoms with Crippen molar-refractivity contribution in [2.24, 2.45) is 0 Å². The van der Waals surface area contributed by atoms with E-state index < -0.39 is 10.0 Å². The number of nitrogen functional groups attached to an aromatic ring is 1. The maximum absolute atomic E-state index is 11.8. The standard InChI is InChI=1S/C10H17N5O3S/c1-7(2)15-9(16)3-4-14-19(17,18)8-5-12-10(11)13-6-8/h5-7,14H,3-4H2,1-2H3,(H,15,16)(H2,11,12,13). The van der Waals surface area contributed by atoms with E-state index >= 15 is 0 Å². The van der Waals surface area contributed by atoms with Crippen LogP contribution in [0.25, 0.3) is 0 Å². The number of nitrogens with two attached hydrogens (primary N) is 1. The van der Waals surface area contributed by atoms with Crippen LogP contribution >= 0.6 is 0 Å². The minimum absolute atomic E-state index is 0.00439. The molecular weight excluding hydrogens is 270 g/mol. The Hall–Kier alpha value is -1.74. The van der Waals surface area contributed by atoms with Crippen LogP contribution in [0.4, 0.5) is 5.95 Å². The lowest BCUT2D eigenvalue weighted by atomic mass is 10.3. The van der Waals surface area contributed by atoms with Crippen LogP contribution < -0.4 is 15.8 Å². The van der Waals surface area contributed by atoms with E-state index in [9.17, 15) is 13.2 Å². The molecule has 0 radical (unpaired) electrons. The second-order valence-electron chi connectivity index (χ2n) is 4.15. The van der Waals surface area contributed by atoms with Gasteiger partial charge >= 0.3 is 0 Å². The van der Waals surface area contributed by atoms with Gasteiger partial charge < -0.3 is 11.1 Å². The number of nitrogens with zero attached hydrogens (tertiary/aromatic N) is 2. The van der Waals surface area contributed by atoms with Gasteiger partial charge in [-0.1, -0.05) is 0 Å². The van der Waals surface area contributed by atoms with Crippen molar-refractivity contribution < 1.29 is 13.2 Å². The molecule has 0 spiro atoms. The highest BCUT2D eigenvalue weighted by Gasteiger charge is 2.15. The summed E-state index contributed by atoms with van der Waals surface area (Å²) in [4.78, 5) is 18.4. The number of nitrogens with one attached hydrogen (secondary N) is 2. The Kier molecular flexibility index (Phi) is 5.19. The summed E-state index contributed by atoms with van der Waals surface area (Å²) < 4.78 is 25.9. The Morgan fingerprint density at radius 2 is 1.95 bits per heavy atom. The van der Waals surface area contributed by atoms with Crippen LogP contribution in [0.3, 0.4) is 0 Å². The first-order valence-electron chi connectivity index (χ1n) is 5.68. The smallest absolute Gasteiger partial charge is 0.243 e. The van der Waals surface area contributed by atoms with Crippen molar-refractivity contribution in [3.8, 4) is 0 Å². The molecule has 0 aliphatic heterocycles. The molecule has 0 aliphatic carbocycles. The number of rotatable bonds is 6. The monoisotopic (exact) mass is 287 g/mol. The highest BCUT2D eigenvalue weighted by molar-refractivity contribution is 7.89. The zero-order chi connectivity index (χ0) is 14.5. The second-order valence-corrected chi connectivity index (χ2v) is 5.91. The molecular formula is C10H17N5O3S. The Balaban J connectivity index is 2.52. The summed E-state index contributed by atoms with van der Waals surface area (Å²) in [7, 11) is -3.71. The number of sulfonamides is 1. The normalized spacial score (nSPS) is 11.5. The molecule has 0 saturated heterocycles. The first-order valence-corrected chi connectivity index (χ1v) is 7.16. The number of amides is 1. The van der Waals surface area contributed by atoms with E-state index in [1.54, 1.807) is 0 Å². The van der Waals surface area contributed by atoms with E-state index in [2.05, 4.69) is 20.0 Å². The van der Waals surface area contributed by atoms with Gasteiger partial charge in [0.05, 0.1) is 12.4 Å². The number of hydrogen-bond acceptors (Lipinski definition) is 6. The van der Waals surface area contributed by atoms with Gasteiger partial charge in [-0.15, -0.1) is 0 Å². The Morgan fingerprint density at radius 3 is 2.47 bits per heavy atom. The first-order chi connectivity index (χ1) is 8.81. The second kappa shape index (κ2) is 6.43. The Bertz CT molecular complexity index is 527. The van der Waals surface area contributed by atoms with Crippen LogP contribution in [0.5, 0.6) is 0 Å². The quantitative estimate of drug-likeness (QED) is 0.632. The van der Waals surface area contributed by atoms with Crippen LogP contribution in [0.1, 0.15) is 20.3 Å². The van der Waals surface area contributed by atoms with Gasteiger partial charge in [-0.3, -0.25) is 4.79 Å². The van der Waals surface area contributed by atoms with Crippen molar-refractivity contribution >= 4 is 21.9 Å². The molecule has 8 nitrogen and oxygen atoms in total. The van der Waals surface area contributed by atoms with Crippen LogP contribution in [-0.2, 0) is 14.8 Å². The number of anilines is 1. The zero-order valence-electron chi connectivity index (χ0n) is 10.8. The molecule has 0 saturated carbocycles. The predicted octanol–water partition coefficient (Wildman–Crippen LogP) is -0.748. The number of hydrogen-bond donors (Lipinski definition) is 3. The molecule has 0 fully saturated rings. The van der Waals surface area contributed by atoms with E-state index in [4.69, 9.17) is 5.73 Å². The van der Waals surface area contributed by atoms with Gasteiger partial charge in [0.1, 0.15) is 4.90 Å². The summed E-state index contributed by atoms with van der Waals surface area (Å²) in [5.74, 6) is -0.221. The lowest BCUT2D eigenvalue weighted by Gasteiger charge is -2.09. The molecule has 1 amide bonds. The summed E-state index contributed by atoms with van der Waals surface area (Å²) >= 11 is 0. The van der Waals surface area contributed by atoms with Crippen molar-refractivity contribution in [2.75, 3.05) is 12.3 Å². The lowest BCUT2D eigenvalue weighted by molar-refractivity contribution is -0.121. The number of carbonyl (C=O) groups excluding carboxylic acids is 1. The van der Waals surface area contributed by atoms with E-state index in [1.165, 1.54) is 0 Å². The fourth-order valence-electron chi connectivity index (χ4n) is 1.24. The molecule has 0 unspecified atom stereocenters. The molecule has 4 N–H and O–H groups in total. The topological polar surface area (TPSA) is 127 Å². The van der Waals surface area contributed by atoms with Crippen LogP contribution in [0, 0.1) is 0 Å². The van der Waals surface area contributed by atoms with E-state index in [0.717, 1.165) is 12.4 Å².